The highest BCUT2D eigenvalue weighted by atomic mass is 32.1. The predicted molar refractivity (Wildman–Crippen MR) is 93.4 cm³/mol. The zero-order valence-corrected chi connectivity index (χ0v) is 13.4. The average molecular weight is 300 g/mol. The lowest BCUT2D eigenvalue weighted by atomic mass is 10.1. The molecule has 0 atom stereocenters. The van der Waals surface area contributed by atoms with Crippen LogP contribution in [-0.2, 0) is 0 Å². The summed E-state index contributed by atoms with van der Waals surface area (Å²) in [5, 5.41) is 6.95. The molecule has 0 spiro atoms. The Kier molecular flexibility index (Phi) is 5.17. The molecule has 110 valence electrons. The van der Waals surface area contributed by atoms with Crippen LogP contribution < -0.4 is 15.4 Å². The molecule has 0 fully saturated rings. The molecule has 0 bridgehead atoms. The van der Waals surface area contributed by atoms with Crippen LogP contribution in [0.3, 0.4) is 0 Å². The van der Waals surface area contributed by atoms with Gasteiger partial charge in [-0.3, -0.25) is 0 Å². The molecule has 0 aliphatic carbocycles. The van der Waals surface area contributed by atoms with E-state index in [1.165, 1.54) is 5.56 Å². The first-order valence-electron chi connectivity index (χ1n) is 6.97. The van der Waals surface area contributed by atoms with Gasteiger partial charge in [0.2, 0.25) is 0 Å². The number of hydrogen-bond acceptors (Lipinski definition) is 2. The molecule has 0 aliphatic heterocycles. The molecule has 0 aliphatic rings. The van der Waals surface area contributed by atoms with Crippen LogP contribution in [0.2, 0.25) is 0 Å². The molecule has 0 heterocycles. The number of ether oxygens (including phenoxy) is 1. The first-order chi connectivity index (χ1) is 10.1. The average Bonchev–Trinajstić information content (AvgIpc) is 2.44. The number of para-hydroxylation sites is 2. The van der Waals surface area contributed by atoms with Crippen molar-refractivity contribution in [1.82, 2.24) is 0 Å². The third kappa shape index (κ3) is 4.20. The lowest BCUT2D eigenvalue weighted by molar-refractivity contribution is 0.342. The summed E-state index contributed by atoms with van der Waals surface area (Å²) < 4.78 is 5.58. The van der Waals surface area contributed by atoms with Crippen LogP contribution in [0.4, 0.5) is 11.4 Å². The molecule has 2 aromatic carbocycles. The van der Waals surface area contributed by atoms with Crippen LogP contribution in [0.15, 0.2) is 42.5 Å². The maximum absolute atomic E-state index is 5.58. The second kappa shape index (κ2) is 7.09. The lowest BCUT2D eigenvalue weighted by Crippen LogP contribution is -2.20. The van der Waals surface area contributed by atoms with Crippen LogP contribution >= 0.6 is 12.2 Å². The van der Waals surface area contributed by atoms with Crippen LogP contribution in [-0.4, -0.2) is 11.7 Å². The van der Waals surface area contributed by atoms with E-state index in [0.717, 1.165) is 22.7 Å². The van der Waals surface area contributed by atoms with Crippen molar-refractivity contribution < 1.29 is 4.74 Å². The molecule has 0 aromatic heterocycles. The van der Waals surface area contributed by atoms with E-state index < -0.39 is 0 Å². The Labute approximate surface area is 131 Å². The fourth-order valence-electron chi connectivity index (χ4n) is 2.08. The minimum absolute atomic E-state index is 0.550. The number of aryl methyl sites for hydroxylation is 2. The van der Waals surface area contributed by atoms with Gasteiger partial charge in [-0.25, -0.2) is 0 Å². The minimum Gasteiger partial charge on any atom is -0.492 e. The van der Waals surface area contributed by atoms with Gasteiger partial charge in [-0.1, -0.05) is 29.8 Å². The summed E-state index contributed by atoms with van der Waals surface area (Å²) in [5.74, 6) is 0.796. The second-order valence-corrected chi connectivity index (χ2v) is 5.23. The van der Waals surface area contributed by atoms with Crippen LogP contribution in [0.1, 0.15) is 18.1 Å². The SMILES string of the molecule is CCOc1ccccc1NC(=S)Nc1ccc(C)cc1C. The molecular formula is C17H20N2OS. The monoisotopic (exact) mass is 300 g/mol. The normalized spacial score (nSPS) is 10.0. The molecule has 0 amide bonds. The number of thiocarbonyl (C=S) groups is 1. The summed E-state index contributed by atoms with van der Waals surface area (Å²) in [4.78, 5) is 0. The quantitative estimate of drug-likeness (QED) is 0.814. The summed E-state index contributed by atoms with van der Waals surface area (Å²) >= 11 is 5.38. The summed E-state index contributed by atoms with van der Waals surface area (Å²) in [6.07, 6.45) is 0. The van der Waals surface area contributed by atoms with E-state index >= 15 is 0 Å². The van der Waals surface area contributed by atoms with E-state index in [4.69, 9.17) is 17.0 Å². The number of anilines is 2. The van der Waals surface area contributed by atoms with Crippen molar-refractivity contribution in [2.75, 3.05) is 17.2 Å². The van der Waals surface area contributed by atoms with Crippen molar-refractivity contribution in [2.24, 2.45) is 0 Å². The number of rotatable bonds is 4. The van der Waals surface area contributed by atoms with E-state index in [9.17, 15) is 0 Å². The fourth-order valence-corrected chi connectivity index (χ4v) is 2.30. The molecule has 0 saturated heterocycles. The van der Waals surface area contributed by atoms with E-state index in [1.807, 2.05) is 37.3 Å². The van der Waals surface area contributed by atoms with E-state index in [1.54, 1.807) is 0 Å². The Bertz CT molecular complexity index is 640. The van der Waals surface area contributed by atoms with Gasteiger partial charge in [0.1, 0.15) is 5.75 Å². The van der Waals surface area contributed by atoms with Gasteiger partial charge in [0.15, 0.2) is 5.11 Å². The first-order valence-corrected chi connectivity index (χ1v) is 7.38. The molecule has 0 unspecified atom stereocenters. The zero-order valence-electron chi connectivity index (χ0n) is 12.6. The first kappa shape index (κ1) is 15.3. The van der Waals surface area contributed by atoms with Crippen LogP contribution in [0.5, 0.6) is 5.75 Å². The van der Waals surface area contributed by atoms with Gasteiger partial charge in [-0.15, -0.1) is 0 Å². The molecule has 2 rings (SSSR count). The molecule has 0 saturated carbocycles. The van der Waals surface area contributed by atoms with Gasteiger partial charge in [-0.05, 0) is 56.8 Å². The van der Waals surface area contributed by atoms with Gasteiger partial charge in [0, 0.05) is 5.69 Å². The van der Waals surface area contributed by atoms with Crippen molar-refractivity contribution >= 4 is 28.7 Å². The highest BCUT2D eigenvalue weighted by Crippen LogP contribution is 2.24. The van der Waals surface area contributed by atoms with Crippen LogP contribution in [0, 0.1) is 13.8 Å². The number of benzene rings is 2. The number of nitrogens with one attached hydrogen (secondary N) is 2. The van der Waals surface area contributed by atoms with Crippen molar-refractivity contribution in [1.29, 1.82) is 0 Å². The van der Waals surface area contributed by atoms with Gasteiger partial charge in [0.25, 0.3) is 0 Å². The highest BCUT2D eigenvalue weighted by Gasteiger charge is 2.06. The highest BCUT2D eigenvalue weighted by molar-refractivity contribution is 7.80. The maximum atomic E-state index is 5.58. The van der Waals surface area contributed by atoms with Crippen molar-refractivity contribution in [3.63, 3.8) is 0 Å². The maximum Gasteiger partial charge on any atom is 0.175 e. The molecule has 3 nitrogen and oxygen atoms in total. The molecule has 21 heavy (non-hydrogen) atoms. The van der Waals surface area contributed by atoms with Gasteiger partial charge in [0.05, 0.1) is 12.3 Å². The van der Waals surface area contributed by atoms with E-state index in [2.05, 4.69) is 36.6 Å². The summed E-state index contributed by atoms with van der Waals surface area (Å²) in [6.45, 7) is 6.72. The summed E-state index contributed by atoms with van der Waals surface area (Å²) in [5.41, 5.74) is 4.27. The Balaban J connectivity index is 2.08. The number of hydrogen-bond donors (Lipinski definition) is 2. The van der Waals surface area contributed by atoms with E-state index in [-0.39, 0.29) is 0 Å². The van der Waals surface area contributed by atoms with Crippen molar-refractivity contribution in [2.45, 2.75) is 20.8 Å². The molecule has 2 aromatic rings. The second-order valence-electron chi connectivity index (χ2n) is 4.83. The van der Waals surface area contributed by atoms with Gasteiger partial charge in [-0.2, -0.15) is 0 Å². The summed E-state index contributed by atoms with van der Waals surface area (Å²) in [6, 6.07) is 14.0. The Hall–Kier alpha value is -2.07. The van der Waals surface area contributed by atoms with Crippen molar-refractivity contribution in [3.05, 3.63) is 53.6 Å². The third-order valence-corrected chi connectivity index (χ3v) is 3.27. The lowest BCUT2D eigenvalue weighted by Gasteiger charge is -2.15. The molecular weight excluding hydrogens is 280 g/mol. The largest absolute Gasteiger partial charge is 0.492 e. The Morgan fingerprint density at radius 2 is 1.76 bits per heavy atom. The molecule has 2 N–H and O–H groups in total. The van der Waals surface area contributed by atoms with Gasteiger partial charge >= 0.3 is 0 Å². The fraction of sp³-hybridized carbons (Fsp3) is 0.235. The van der Waals surface area contributed by atoms with Crippen molar-refractivity contribution in [3.8, 4) is 5.75 Å². The smallest absolute Gasteiger partial charge is 0.175 e. The molecule has 0 radical (unpaired) electrons. The molecule has 4 heteroatoms. The Morgan fingerprint density at radius 3 is 2.48 bits per heavy atom. The third-order valence-electron chi connectivity index (χ3n) is 3.07. The summed E-state index contributed by atoms with van der Waals surface area (Å²) in [7, 11) is 0. The Morgan fingerprint density at radius 1 is 1.05 bits per heavy atom. The minimum atomic E-state index is 0.550. The van der Waals surface area contributed by atoms with E-state index in [0.29, 0.717) is 11.7 Å². The zero-order chi connectivity index (χ0) is 15.2. The topological polar surface area (TPSA) is 33.3 Å². The van der Waals surface area contributed by atoms with Gasteiger partial charge < -0.3 is 15.4 Å². The van der Waals surface area contributed by atoms with Crippen LogP contribution in [0.25, 0.3) is 0 Å². The standard InChI is InChI=1S/C17H20N2OS/c1-4-20-16-8-6-5-7-15(16)19-17(21)18-14-10-9-12(2)11-13(14)3/h5-11H,4H2,1-3H3,(H2,18,19,21). The predicted octanol–water partition coefficient (Wildman–Crippen LogP) is 4.51.